The summed E-state index contributed by atoms with van der Waals surface area (Å²) in [4.78, 5) is 16.9. The molecule has 0 N–H and O–H groups in total. The highest BCUT2D eigenvalue weighted by molar-refractivity contribution is 5.77. The maximum absolute atomic E-state index is 12.6. The Hall–Kier alpha value is -2.50. The first-order valence-corrected chi connectivity index (χ1v) is 8.73. The van der Waals surface area contributed by atoms with E-state index in [1.807, 2.05) is 36.5 Å². The molecule has 2 aromatic rings. The maximum atomic E-state index is 12.6. The number of nitrogens with zero attached hydrogens (tertiary/aromatic N) is 4. The average Bonchev–Trinajstić information content (AvgIpc) is 3.05. The quantitative estimate of drug-likeness (QED) is 0.835. The number of ether oxygens (including phenoxy) is 1. The van der Waals surface area contributed by atoms with E-state index < -0.39 is 0 Å². The van der Waals surface area contributed by atoms with Gasteiger partial charge in [-0.05, 0) is 43.2 Å². The second-order valence-corrected chi connectivity index (χ2v) is 6.60. The molecule has 2 heterocycles. The van der Waals surface area contributed by atoms with E-state index in [0.717, 1.165) is 37.4 Å². The van der Waals surface area contributed by atoms with Crippen LogP contribution in [0.5, 0.6) is 5.75 Å². The molecular formula is C19H26N4O2. The standard InChI is InChI=1S/C19H26N4O2/c1-15-13-22(17-5-7-18(25-3)8-6-17)10-11-23(15)19(24)9-4-16-12-20-21(2)14-16/h5-8,12,14-15H,4,9-11,13H2,1-3H3/t15-/m1/s1. The third-order valence-corrected chi connectivity index (χ3v) is 4.77. The second-order valence-electron chi connectivity index (χ2n) is 6.60. The lowest BCUT2D eigenvalue weighted by Crippen LogP contribution is -2.54. The topological polar surface area (TPSA) is 50.6 Å². The fourth-order valence-electron chi connectivity index (χ4n) is 3.35. The van der Waals surface area contributed by atoms with Crippen molar-refractivity contribution in [3.8, 4) is 5.75 Å². The monoisotopic (exact) mass is 342 g/mol. The zero-order valence-electron chi connectivity index (χ0n) is 15.2. The van der Waals surface area contributed by atoms with E-state index in [1.165, 1.54) is 5.69 Å². The van der Waals surface area contributed by atoms with Crippen LogP contribution in [0.3, 0.4) is 0 Å². The summed E-state index contributed by atoms with van der Waals surface area (Å²) >= 11 is 0. The van der Waals surface area contributed by atoms with Crippen LogP contribution in [0.2, 0.25) is 0 Å². The van der Waals surface area contributed by atoms with Crippen LogP contribution in [0.15, 0.2) is 36.7 Å². The Morgan fingerprint density at radius 3 is 2.64 bits per heavy atom. The van der Waals surface area contributed by atoms with Gasteiger partial charge in [-0.1, -0.05) is 0 Å². The van der Waals surface area contributed by atoms with Gasteiger partial charge in [-0.25, -0.2) is 0 Å². The molecule has 0 radical (unpaired) electrons. The van der Waals surface area contributed by atoms with Crippen molar-refractivity contribution in [3.63, 3.8) is 0 Å². The second kappa shape index (κ2) is 7.59. The van der Waals surface area contributed by atoms with Gasteiger partial charge >= 0.3 is 0 Å². The van der Waals surface area contributed by atoms with Crippen molar-refractivity contribution < 1.29 is 9.53 Å². The normalized spacial score (nSPS) is 17.6. The third-order valence-electron chi connectivity index (χ3n) is 4.77. The number of rotatable bonds is 5. The van der Waals surface area contributed by atoms with Gasteiger partial charge in [0, 0.05) is 51.0 Å². The molecule has 0 spiro atoms. The minimum absolute atomic E-state index is 0.206. The maximum Gasteiger partial charge on any atom is 0.223 e. The lowest BCUT2D eigenvalue weighted by Gasteiger charge is -2.41. The van der Waals surface area contributed by atoms with Crippen molar-refractivity contribution in [1.29, 1.82) is 0 Å². The summed E-state index contributed by atoms with van der Waals surface area (Å²) < 4.78 is 6.99. The molecule has 134 valence electrons. The third kappa shape index (κ3) is 4.13. The number of hydrogen-bond acceptors (Lipinski definition) is 4. The van der Waals surface area contributed by atoms with Crippen molar-refractivity contribution in [2.45, 2.75) is 25.8 Å². The number of amides is 1. The van der Waals surface area contributed by atoms with Gasteiger partial charge in [0.15, 0.2) is 0 Å². The largest absolute Gasteiger partial charge is 0.497 e. The van der Waals surface area contributed by atoms with Crippen LogP contribution in [-0.2, 0) is 18.3 Å². The van der Waals surface area contributed by atoms with Gasteiger partial charge in [0.2, 0.25) is 5.91 Å². The molecule has 0 bridgehead atoms. The smallest absolute Gasteiger partial charge is 0.223 e. The lowest BCUT2D eigenvalue weighted by atomic mass is 10.1. The number of piperazine rings is 1. The molecule has 1 fully saturated rings. The van der Waals surface area contributed by atoms with Gasteiger partial charge in [0.1, 0.15) is 5.75 Å². The van der Waals surface area contributed by atoms with Crippen LogP contribution in [0.4, 0.5) is 5.69 Å². The van der Waals surface area contributed by atoms with Gasteiger partial charge in [0.05, 0.1) is 13.3 Å². The zero-order chi connectivity index (χ0) is 17.8. The van der Waals surface area contributed by atoms with Crippen molar-refractivity contribution >= 4 is 11.6 Å². The Kier molecular flexibility index (Phi) is 5.26. The minimum Gasteiger partial charge on any atom is -0.497 e. The Labute approximate surface area is 149 Å². The number of aryl methyl sites for hydroxylation is 2. The number of aromatic nitrogens is 2. The Morgan fingerprint density at radius 1 is 1.28 bits per heavy atom. The molecule has 1 aliphatic heterocycles. The molecule has 6 heteroatoms. The van der Waals surface area contributed by atoms with Gasteiger partial charge < -0.3 is 14.5 Å². The first-order chi connectivity index (χ1) is 12.1. The summed E-state index contributed by atoms with van der Waals surface area (Å²) in [5.41, 5.74) is 2.29. The lowest BCUT2D eigenvalue weighted by molar-refractivity contribution is -0.133. The Balaban J connectivity index is 1.54. The van der Waals surface area contributed by atoms with E-state index in [2.05, 4.69) is 29.1 Å². The molecule has 3 rings (SSSR count). The number of carbonyl (C=O) groups is 1. The minimum atomic E-state index is 0.206. The number of benzene rings is 1. The molecule has 0 aliphatic carbocycles. The van der Waals surface area contributed by atoms with Gasteiger partial charge in [-0.15, -0.1) is 0 Å². The van der Waals surface area contributed by atoms with Gasteiger partial charge in [-0.3, -0.25) is 9.48 Å². The molecule has 1 aliphatic rings. The zero-order valence-corrected chi connectivity index (χ0v) is 15.2. The first-order valence-electron chi connectivity index (χ1n) is 8.73. The first kappa shape index (κ1) is 17.3. The van der Waals surface area contributed by atoms with Crippen LogP contribution in [0.25, 0.3) is 0 Å². The van der Waals surface area contributed by atoms with Gasteiger partial charge in [0.25, 0.3) is 0 Å². The Bertz CT molecular complexity index is 710. The molecule has 1 amide bonds. The number of anilines is 1. The van der Waals surface area contributed by atoms with Crippen LogP contribution < -0.4 is 9.64 Å². The summed E-state index contributed by atoms with van der Waals surface area (Å²) in [6.45, 7) is 4.59. The highest BCUT2D eigenvalue weighted by Crippen LogP contribution is 2.22. The molecule has 6 nitrogen and oxygen atoms in total. The number of carbonyl (C=O) groups excluding carboxylic acids is 1. The van der Waals surface area contributed by atoms with Crippen molar-refractivity contribution in [2.75, 3.05) is 31.6 Å². The highest BCUT2D eigenvalue weighted by atomic mass is 16.5. The molecule has 25 heavy (non-hydrogen) atoms. The van der Waals surface area contributed by atoms with E-state index in [9.17, 15) is 4.79 Å². The predicted octanol–water partition coefficient (Wildman–Crippen LogP) is 2.10. The van der Waals surface area contributed by atoms with E-state index in [4.69, 9.17) is 4.74 Å². The van der Waals surface area contributed by atoms with Gasteiger partial charge in [-0.2, -0.15) is 5.10 Å². The predicted molar refractivity (Wildman–Crippen MR) is 97.9 cm³/mol. The van der Waals surface area contributed by atoms with Crippen LogP contribution >= 0.6 is 0 Å². The average molecular weight is 342 g/mol. The fourth-order valence-corrected chi connectivity index (χ4v) is 3.35. The highest BCUT2D eigenvalue weighted by Gasteiger charge is 2.27. The van der Waals surface area contributed by atoms with E-state index in [-0.39, 0.29) is 11.9 Å². The number of hydrogen-bond donors (Lipinski definition) is 0. The van der Waals surface area contributed by atoms with Crippen molar-refractivity contribution in [2.24, 2.45) is 7.05 Å². The van der Waals surface area contributed by atoms with E-state index in [1.54, 1.807) is 11.8 Å². The number of methoxy groups -OCH3 is 1. The van der Waals surface area contributed by atoms with Crippen LogP contribution in [0, 0.1) is 0 Å². The molecule has 1 aromatic carbocycles. The summed E-state index contributed by atoms with van der Waals surface area (Å²) in [5.74, 6) is 1.09. The summed E-state index contributed by atoms with van der Waals surface area (Å²) in [5, 5.41) is 4.15. The van der Waals surface area contributed by atoms with Crippen LogP contribution in [0.1, 0.15) is 18.9 Å². The molecular weight excluding hydrogens is 316 g/mol. The summed E-state index contributed by atoms with van der Waals surface area (Å²) in [6, 6.07) is 8.31. The van der Waals surface area contributed by atoms with Crippen molar-refractivity contribution in [3.05, 3.63) is 42.2 Å². The van der Waals surface area contributed by atoms with E-state index >= 15 is 0 Å². The molecule has 1 aromatic heterocycles. The van der Waals surface area contributed by atoms with Crippen LogP contribution in [-0.4, -0.2) is 53.4 Å². The summed E-state index contributed by atoms with van der Waals surface area (Å²) in [7, 11) is 3.57. The van der Waals surface area contributed by atoms with Crippen molar-refractivity contribution in [1.82, 2.24) is 14.7 Å². The Morgan fingerprint density at radius 2 is 2.04 bits per heavy atom. The van der Waals surface area contributed by atoms with E-state index in [0.29, 0.717) is 6.42 Å². The summed E-state index contributed by atoms with van der Waals surface area (Å²) in [6.07, 6.45) is 5.09. The molecule has 0 unspecified atom stereocenters. The SMILES string of the molecule is COc1ccc(N2CCN(C(=O)CCc3cnn(C)c3)[C@H](C)C2)cc1. The molecule has 1 saturated heterocycles. The molecule has 1 atom stereocenters. The molecule has 0 saturated carbocycles. The fraction of sp³-hybridized carbons (Fsp3) is 0.474.